The highest BCUT2D eigenvalue weighted by Gasteiger charge is 2.47. The lowest BCUT2D eigenvalue weighted by Crippen LogP contribution is -2.40. The molecular weight excluding hydrogens is 416 g/mol. The Labute approximate surface area is 186 Å². The van der Waals surface area contributed by atoms with Gasteiger partial charge in [-0.3, -0.25) is 9.59 Å². The third kappa shape index (κ3) is 4.94. The van der Waals surface area contributed by atoms with Crippen LogP contribution in [0.2, 0.25) is 0 Å². The molecule has 0 fully saturated rings. The van der Waals surface area contributed by atoms with E-state index in [-0.39, 0.29) is 30.1 Å². The van der Waals surface area contributed by atoms with Crippen LogP contribution in [0.25, 0.3) is 0 Å². The number of carbonyl (C=O) groups excluding carboxylic acids is 2. The second-order valence-electron chi connectivity index (χ2n) is 7.57. The van der Waals surface area contributed by atoms with Gasteiger partial charge < -0.3 is 41.7 Å². The molecular formula is C22H30N4O6. The lowest BCUT2D eigenvalue weighted by Gasteiger charge is -2.33. The standard InChI is InChI=1S/C22H30N4O6/c27-11-9-23-5-7-25-14-2-3-15(26-8-6-24-10-12-28)19-18(14)20(30)13-1-4-16(29)21(31)17(13)22(19)32/h1-4,13,17,23-29,31H,5-12H2. The molecule has 2 aliphatic rings. The van der Waals surface area contributed by atoms with E-state index in [0.717, 1.165) is 0 Å². The Bertz CT molecular complexity index is 914. The Balaban J connectivity index is 1.92. The summed E-state index contributed by atoms with van der Waals surface area (Å²) in [4.78, 5) is 26.8. The Morgan fingerprint density at radius 3 is 1.81 bits per heavy atom. The molecule has 3 rings (SSSR count). The molecule has 0 saturated carbocycles. The van der Waals surface area contributed by atoms with Gasteiger partial charge in [-0.15, -0.1) is 0 Å². The first-order valence-electron chi connectivity index (χ1n) is 10.7. The first-order chi connectivity index (χ1) is 15.5. The number of ketones is 2. The maximum atomic E-state index is 13.4. The van der Waals surface area contributed by atoms with E-state index in [9.17, 15) is 19.8 Å². The van der Waals surface area contributed by atoms with E-state index in [2.05, 4.69) is 21.3 Å². The van der Waals surface area contributed by atoms with Gasteiger partial charge in [0.2, 0.25) is 0 Å². The lowest BCUT2D eigenvalue weighted by atomic mass is 9.70. The second kappa shape index (κ2) is 11.1. The number of fused-ring (bicyclic) bond motifs is 2. The van der Waals surface area contributed by atoms with E-state index in [1.807, 2.05) is 0 Å². The van der Waals surface area contributed by atoms with Crippen molar-refractivity contribution in [1.82, 2.24) is 10.6 Å². The zero-order valence-electron chi connectivity index (χ0n) is 17.7. The fourth-order valence-electron chi connectivity index (χ4n) is 3.96. The van der Waals surface area contributed by atoms with Gasteiger partial charge in [0, 0.05) is 50.6 Å². The number of aliphatic hydroxyl groups is 4. The number of allylic oxidation sites excluding steroid dienone is 3. The molecule has 0 aliphatic heterocycles. The third-order valence-corrected chi connectivity index (χ3v) is 5.47. The van der Waals surface area contributed by atoms with Gasteiger partial charge >= 0.3 is 0 Å². The molecule has 2 atom stereocenters. The van der Waals surface area contributed by atoms with Crippen LogP contribution in [0.1, 0.15) is 20.7 Å². The monoisotopic (exact) mass is 446 g/mol. The fourth-order valence-corrected chi connectivity index (χ4v) is 3.96. The molecule has 0 radical (unpaired) electrons. The number of Topliss-reactive ketones (excluding diaryl/α,β-unsaturated/α-hetero) is 2. The zero-order chi connectivity index (χ0) is 23.1. The van der Waals surface area contributed by atoms with Gasteiger partial charge in [0.25, 0.3) is 0 Å². The van der Waals surface area contributed by atoms with Gasteiger partial charge in [-0.25, -0.2) is 0 Å². The van der Waals surface area contributed by atoms with Crippen LogP contribution < -0.4 is 21.3 Å². The number of benzene rings is 1. The molecule has 8 N–H and O–H groups in total. The van der Waals surface area contributed by atoms with E-state index >= 15 is 0 Å². The third-order valence-electron chi connectivity index (χ3n) is 5.47. The zero-order valence-corrected chi connectivity index (χ0v) is 17.7. The highest BCUT2D eigenvalue weighted by Crippen LogP contribution is 2.43. The van der Waals surface area contributed by atoms with Gasteiger partial charge in [0.05, 0.1) is 36.2 Å². The van der Waals surface area contributed by atoms with Crippen molar-refractivity contribution in [3.05, 3.63) is 46.9 Å². The minimum atomic E-state index is -1.16. The predicted octanol–water partition coefficient (Wildman–Crippen LogP) is 0.183. The van der Waals surface area contributed by atoms with Crippen LogP contribution in [-0.2, 0) is 0 Å². The molecule has 0 amide bonds. The van der Waals surface area contributed by atoms with Crippen LogP contribution in [0, 0.1) is 11.8 Å². The number of hydrogen-bond donors (Lipinski definition) is 8. The molecule has 174 valence electrons. The number of anilines is 2. The smallest absolute Gasteiger partial charge is 0.177 e. The molecule has 1 aromatic carbocycles. The summed E-state index contributed by atoms with van der Waals surface area (Å²) in [5, 5.41) is 50.4. The summed E-state index contributed by atoms with van der Waals surface area (Å²) in [5.74, 6) is -3.71. The Kier molecular flexibility index (Phi) is 8.23. The van der Waals surface area contributed by atoms with Crippen LogP contribution >= 0.6 is 0 Å². The van der Waals surface area contributed by atoms with Crippen LogP contribution in [0.4, 0.5) is 11.4 Å². The topological polar surface area (TPSA) is 163 Å². The molecule has 2 unspecified atom stereocenters. The molecule has 10 heteroatoms. The van der Waals surface area contributed by atoms with E-state index in [4.69, 9.17) is 10.2 Å². The van der Waals surface area contributed by atoms with E-state index in [1.165, 1.54) is 12.2 Å². The van der Waals surface area contributed by atoms with Crippen LogP contribution in [-0.4, -0.2) is 84.5 Å². The highest BCUT2D eigenvalue weighted by molar-refractivity contribution is 6.22. The van der Waals surface area contributed by atoms with Crippen molar-refractivity contribution in [3.8, 4) is 0 Å². The maximum absolute atomic E-state index is 13.4. The van der Waals surface area contributed by atoms with Gasteiger partial charge in [0.1, 0.15) is 5.76 Å². The van der Waals surface area contributed by atoms with Gasteiger partial charge in [-0.2, -0.15) is 0 Å². The summed E-state index contributed by atoms with van der Waals surface area (Å²) < 4.78 is 0. The van der Waals surface area contributed by atoms with Crippen LogP contribution in [0.5, 0.6) is 0 Å². The predicted molar refractivity (Wildman–Crippen MR) is 120 cm³/mol. The minimum absolute atomic E-state index is 0.0155. The fraction of sp³-hybridized carbons (Fsp3) is 0.455. The second-order valence-corrected chi connectivity index (χ2v) is 7.57. The summed E-state index contributed by atoms with van der Waals surface area (Å²) in [6.45, 7) is 2.95. The molecule has 10 nitrogen and oxygen atoms in total. The average molecular weight is 447 g/mol. The summed E-state index contributed by atoms with van der Waals surface area (Å²) in [6, 6.07) is 3.44. The van der Waals surface area contributed by atoms with Crippen LogP contribution in [0.3, 0.4) is 0 Å². The minimum Gasteiger partial charge on any atom is -0.508 e. The lowest BCUT2D eigenvalue weighted by molar-refractivity contribution is 0.0749. The highest BCUT2D eigenvalue weighted by atomic mass is 16.3. The molecule has 0 saturated heterocycles. The molecule has 0 spiro atoms. The largest absolute Gasteiger partial charge is 0.508 e. The summed E-state index contributed by atoms with van der Waals surface area (Å²) in [6.07, 6.45) is 2.70. The molecule has 1 aromatic rings. The Morgan fingerprint density at radius 1 is 0.750 bits per heavy atom. The maximum Gasteiger partial charge on any atom is 0.177 e. The Hall–Kier alpha value is -2.92. The van der Waals surface area contributed by atoms with E-state index in [0.29, 0.717) is 50.6 Å². The molecule has 0 aromatic heterocycles. The Morgan fingerprint density at radius 2 is 1.28 bits per heavy atom. The van der Waals surface area contributed by atoms with Gasteiger partial charge in [-0.05, 0) is 18.2 Å². The summed E-state index contributed by atoms with van der Waals surface area (Å²) >= 11 is 0. The number of hydrogen-bond acceptors (Lipinski definition) is 10. The molecule has 0 bridgehead atoms. The quantitative estimate of drug-likeness (QED) is 0.208. The first-order valence-corrected chi connectivity index (χ1v) is 10.7. The summed E-state index contributed by atoms with van der Waals surface area (Å²) in [7, 11) is 0. The van der Waals surface area contributed by atoms with E-state index < -0.39 is 29.1 Å². The number of nitrogens with one attached hydrogen (secondary N) is 4. The number of aliphatic hydroxyl groups excluding tert-OH is 4. The molecule has 0 heterocycles. The van der Waals surface area contributed by atoms with Crippen molar-refractivity contribution in [2.45, 2.75) is 0 Å². The van der Waals surface area contributed by atoms with Crippen molar-refractivity contribution < 1.29 is 30.0 Å². The van der Waals surface area contributed by atoms with Gasteiger partial charge in [-0.1, -0.05) is 6.08 Å². The average Bonchev–Trinajstić information content (AvgIpc) is 2.79. The van der Waals surface area contributed by atoms with Gasteiger partial charge in [0.15, 0.2) is 17.3 Å². The SMILES string of the molecule is O=C1c2c(NCCNCCO)ccc(NCCNCCO)c2C(=O)C2C(O)=C(O)C=CC12. The van der Waals surface area contributed by atoms with E-state index in [1.54, 1.807) is 12.1 Å². The van der Waals surface area contributed by atoms with Crippen molar-refractivity contribution in [3.63, 3.8) is 0 Å². The van der Waals surface area contributed by atoms with Crippen molar-refractivity contribution in [2.24, 2.45) is 11.8 Å². The van der Waals surface area contributed by atoms with Crippen LogP contribution in [0.15, 0.2) is 35.8 Å². The number of carbonyl (C=O) groups is 2. The van der Waals surface area contributed by atoms with Crippen molar-refractivity contribution in [1.29, 1.82) is 0 Å². The number of rotatable bonds is 12. The molecule has 2 aliphatic carbocycles. The van der Waals surface area contributed by atoms with Crippen molar-refractivity contribution >= 4 is 22.9 Å². The normalized spacial score (nSPS) is 19.7. The van der Waals surface area contributed by atoms with Crippen molar-refractivity contribution in [2.75, 3.05) is 63.1 Å². The molecule has 32 heavy (non-hydrogen) atoms. The first kappa shape index (κ1) is 23.7. The summed E-state index contributed by atoms with van der Waals surface area (Å²) in [5.41, 5.74) is 1.42.